The number of hydrogen-bond donors (Lipinski definition) is 0. The summed E-state index contributed by atoms with van der Waals surface area (Å²) in [7, 11) is 0. The van der Waals surface area contributed by atoms with Gasteiger partial charge in [0.15, 0.2) is 0 Å². The van der Waals surface area contributed by atoms with Gasteiger partial charge < -0.3 is 4.90 Å². The summed E-state index contributed by atoms with van der Waals surface area (Å²) in [6, 6.07) is 19.2. The number of imide groups is 1. The van der Waals surface area contributed by atoms with Crippen molar-refractivity contribution in [1.29, 1.82) is 0 Å². The maximum absolute atomic E-state index is 13.0. The van der Waals surface area contributed by atoms with E-state index in [9.17, 15) is 9.59 Å². The molecule has 0 unspecified atom stereocenters. The highest BCUT2D eigenvalue weighted by Crippen LogP contribution is 2.29. The van der Waals surface area contributed by atoms with Crippen LogP contribution in [-0.2, 0) is 0 Å². The number of amides is 2. The molecule has 7 heteroatoms. The minimum Gasteiger partial charge on any atom is -0.369 e. The topological polar surface area (TPSA) is 43.9 Å². The summed E-state index contributed by atoms with van der Waals surface area (Å²) >= 11 is 6.11. The van der Waals surface area contributed by atoms with Crippen LogP contribution in [0.3, 0.4) is 0 Å². The molecule has 3 aromatic rings. The molecule has 2 aliphatic rings. The molecule has 0 aromatic heterocycles. The first kappa shape index (κ1) is 23.3. The second-order valence-corrected chi connectivity index (χ2v) is 8.61. The fraction of sp³-hybridized carbons (Fsp3) is 0.231. The van der Waals surface area contributed by atoms with Gasteiger partial charge in [-0.1, -0.05) is 54.1 Å². The van der Waals surface area contributed by atoms with Crippen molar-refractivity contribution in [3.63, 3.8) is 0 Å². The van der Waals surface area contributed by atoms with E-state index >= 15 is 0 Å². The van der Waals surface area contributed by atoms with Crippen LogP contribution in [0, 0.1) is 0 Å². The number of rotatable bonds is 5. The maximum atomic E-state index is 13.0. The van der Waals surface area contributed by atoms with Crippen LogP contribution in [-0.4, -0.2) is 60.9 Å². The van der Waals surface area contributed by atoms with Crippen molar-refractivity contribution in [2.24, 2.45) is 0 Å². The monoisotopic (exact) mass is 481 g/mol. The Morgan fingerprint density at radius 1 is 0.788 bits per heavy atom. The molecule has 0 aliphatic carbocycles. The molecular weight excluding hydrogens is 457 g/mol. The lowest BCUT2D eigenvalue weighted by molar-refractivity contribution is 0.0628. The number of nitrogens with zero attached hydrogens (tertiary/aromatic N) is 3. The molecule has 0 N–H and O–H groups in total. The molecule has 2 heterocycles. The van der Waals surface area contributed by atoms with Crippen LogP contribution < -0.4 is 4.90 Å². The highest BCUT2D eigenvalue weighted by atomic mass is 35.5. The van der Waals surface area contributed by atoms with E-state index in [0.29, 0.717) is 11.1 Å². The second-order valence-electron chi connectivity index (χ2n) is 8.17. The van der Waals surface area contributed by atoms with Crippen LogP contribution >= 0.6 is 24.0 Å². The maximum Gasteiger partial charge on any atom is 0.261 e. The summed E-state index contributed by atoms with van der Waals surface area (Å²) in [5.41, 5.74) is 2.36. The Hall–Kier alpha value is -2.86. The van der Waals surface area contributed by atoms with E-state index in [-0.39, 0.29) is 30.8 Å². The van der Waals surface area contributed by atoms with Crippen molar-refractivity contribution < 1.29 is 9.59 Å². The summed E-state index contributed by atoms with van der Waals surface area (Å²) < 4.78 is 0. The number of anilines is 1. The molecule has 1 saturated heterocycles. The van der Waals surface area contributed by atoms with Gasteiger partial charge in [0.25, 0.3) is 11.8 Å². The minimum atomic E-state index is -0.223. The first-order valence-electron chi connectivity index (χ1n) is 10.9. The average molecular weight is 482 g/mol. The quantitative estimate of drug-likeness (QED) is 0.384. The van der Waals surface area contributed by atoms with E-state index in [0.717, 1.165) is 54.2 Å². The lowest BCUT2D eigenvalue weighted by Gasteiger charge is -2.35. The Bertz CT molecular complexity index is 1170. The lowest BCUT2D eigenvalue weighted by Crippen LogP contribution is -2.46. The standard InChI is InChI=1S/C26H24ClN3O2.ClH/c27-20-8-5-9-21(18-20)29-16-14-28(15-17-29)12-1-2-13-30-25(31)22-10-3-6-19-7-4-11-23(24(19)22)26(30)32;/h1-11,18H,12-17H2;1H/b2-1-;. The number of piperazine rings is 1. The van der Waals surface area contributed by atoms with Gasteiger partial charge in [-0.05, 0) is 35.7 Å². The minimum absolute atomic E-state index is 0. The molecule has 170 valence electrons. The van der Waals surface area contributed by atoms with E-state index in [4.69, 9.17) is 11.6 Å². The number of carbonyl (C=O) groups is 2. The summed E-state index contributed by atoms with van der Waals surface area (Å²) in [6.07, 6.45) is 3.98. The van der Waals surface area contributed by atoms with Gasteiger partial charge in [-0.25, -0.2) is 0 Å². The fourth-order valence-corrected chi connectivity index (χ4v) is 4.70. The van der Waals surface area contributed by atoms with E-state index in [1.165, 1.54) is 4.90 Å². The van der Waals surface area contributed by atoms with Crippen molar-refractivity contribution in [2.75, 3.05) is 44.2 Å². The summed E-state index contributed by atoms with van der Waals surface area (Å²) in [5, 5.41) is 2.45. The van der Waals surface area contributed by atoms with Crippen molar-refractivity contribution >= 4 is 52.3 Å². The Morgan fingerprint density at radius 3 is 2.03 bits per heavy atom. The summed E-state index contributed by atoms with van der Waals surface area (Å²) in [6.45, 7) is 4.87. The Balaban J connectivity index is 0.00000259. The zero-order valence-corrected chi connectivity index (χ0v) is 19.7. The van der Waals surface area contributed by atoms with Gasteiger partial charge in [-0.15, -0.1) is 12.4 Å². The van der Waals surface area contributed by atoms with Crippen LogP contribution in [0.15, 0.2) is 72.8 Å². The summed E-state index contributed by atoms with van der Waals surface area (Å²) in [5.74, 6) is -0.446. The highest BCUT2D eigenvalue weighted by molar-refractivity contribution is 6.30. The van der Waals surface area contributed by atoms with E-state index in [2.05, 4.69) is 21.9 Å². The predicted molar refractivity (Wildman–Crippen MR) is 136 cm³/mol. The average Bonchev–Trinajstić information content (AvgIpc) is 2.82. The van der Waals surface area contributed by atoms with Crippen molar-refractivity contribution in [1.82, 2.24) is 9.80 Å². The van der Waals surface area contributed by atoms with Crippen LogP contribution in [0.2, 0.25) is 5.02 Å². The molecule has 5 nitrogen and oxygen atoms in total. The molecule has 33 heavy (non-hydrogen) atoms. The number of halogens is 2. The molecule has 2 aliphatic heterocycles. The van der Waals surface area contributed by atoms with E-state index in [1.807, 2.05) is 48.5 Å². The van der Waals surface area contributed by atoms with Gasteiger partial charge in [0, 0.05) is 66.5 Å². The van der Waals surface area contributed by atoms with Gasteiger partial charge in [0.05, 0.1) is 0 Å². The molecule has 0 radical (unpaired) electrons. The first-order valence-corrected chi connectivity index (χ1v) is 11.3. The molecule has 1 fully saturated rings. The van der Waals surface area contributed by atoms with Crippen molar-refractivity contribution in [2.45, 2.75) is 0 Å². The number of benzene rings is 3. The van der Waals surface area contributed by atoms with E-state index in [1.54, 1.807) is 12.1 Å². The molecule has 0 bridgehead atoms. The Labute approximate surface area is 204 Å². The Morgan fingerprint density at radius 2 is 1.39 bits per heavy atom. The van der Waals surface area contributed by atoms with Gasteiger partial charge in [-0.2, -0.15) is 0 Å². The SMILES string of the molecule is Cl.O=C1c2cccc3cccc(c23)C(=O)N1C/C=C\CN1CCN(c2cccc(Cl)c2)CC1. The molecule has 3 aromatic carbocycles. The van der Waals surface area contributed by atoms with Crippen LogP contribution in [0.1, 0.15) is 20.7 Å². The summed E-state index contributed by atoms with van der Waals surface area (Å²) in [4.78, 5) is 31.9. The van der Waals surface area contributed by atoms with E-state index < -0.39 is 0 Å². The number of hydrogen-bond acceptors (Lipinski definition) is 4. The Kier molecular flexibility index (Phi) is 7.03. The van der Waals surface area contributed by atoms with Gasteiger partial charge in [0.1, 0.15) is 0 Å². The number of carbonyl (C=O) groups excluding carboxylic acids is 2. The molecule has 0 saturated carbocycles. The third-order valence-electron chi connectivity index (χ3n) is 6.22. The van der Waals surface area contributed by atoms with Gasteiger partial charge >= 0.3 is 0 Å². The zero-order valence-electron chi connectivity index (χ0n) is 18.1. The highest BCUT2D eigenvalue weighted by Gasteiger charge is 2.31. The molecular formula is C26H25Cl2N3O2. The third kappa shape index (κ3) is 4.62. The molecule has 0 atom stereocenters. The fourth-order valence-electron chi connectivity index (χ4n) is 4.51. The van der Waals surface area contributed by atoms with Crippen molar-refractivity contribution in [3.8, 4) is 0 Å². The first-order chi connectivity index (χ1) is 15.6. The second kappa shape index (κ2) is 9.96. The molecule has 2 amide bonds. The van der Waals surface area contributed by atoms with Crippen LogP contribution in [0.25, 0.3) is 10.8 Å². The predicted octanol–water partition coefficient (Wildman–Crippen LogP) is 4.89. The van der Waals surface area contributed by atoms with Crippen molar-refractivity contribution in [3.05, 3.63) is 89.0 Å². The molecule has 5 rings (SSSR count). The van der Waals surface area contributed by atoms with Crippen LogP contribution in [0.5, 0.6) is 0 Å². The normalized spacial score (nSPS) is 16.5. The lowest BCUT2D eigenvalue weighted by atomic mass is 9.94. The van der Waals surface area contributed by atoms with Gasteiger partial charge in [-0.3, -0.25) is 19.4 Å². The van der Waals surface area contributed by atoms with Crippen LogP contribution in [0.4, 0.5) is 5.69 Å². The van der Waals surface area contributed by atoms with Gasteiger partial charge in [0.2, 0.25) is 0 Å². The zero-order chi connectivity index (χ0) is 22.1. The third-order valence-corrected chi connectivity index (χ3v) is 6.45. The largest absolute Gasteiger partial charge is 0.369 e. The smallest absolute Gasteiger partial charge is 0.261 e. The molecule has 0 spiro atoms.